The second kappa shape index (κ2) is 13.0. The molecule has 1 aliphatic rings. The molecule has 0 radical (unpaired) electrons. The van der Waals surface area contributed by atoms with Gasteiger partial charge in [0, 0.05) is 15.1 Å². The van der Waals surface area contributed by atoms with Crippen molar-refractivity contribution < 1.29 is 27.4 Å². The first-order valence-corrected chi connectivity index (χ1v) is 15.8. The highest BCUT2D eigenvalue weighted by Crippen LogP contribution is 2.38. The number of halogens is 6. The van der Waals surface area contributed by atoms with Crippen LogP contribution in [-0.4, -0.2) is 23.3 Å². The number of carbonyl (C=O) groups excluding carboxylic acids is 1. The van der Waals surface area contributed by atoms with Gasteiger partial charge >= 0.3 is 12.1 Å². The maximum absolute atomic E-state index is 14.4. The van der Waals surface area contributed by atoms with E-state index in [2.05, 4.69) is 43.5 Å². The summed E-state index contributed by atoms with van der Waals surface area (Å²) in [6.07, 6.45) is -3.45. The third kappa shape index (κ3) is 6.76. The number of carbonyl (C=O) groups is 1. The Balaban J connectivity index is 1.72. The molecule has 4 aromatic rings. The molecule has 43 heavy (non-hydrogen) atoms. The molecule has 2 heterocycles. The number of esters is 1. The van der Waals surface area contributed by atoms with Crippen LogP contribution in [0.4, 0.5) is 13.2 Å². The average Bonchev–Trinajstić information content (AvgIpc) is 3.26. The molecule has 0 saturated carbocycles. The molecule has 6 nitrogen and oxygen atoms in total. The van der Waals surface area contributed by atoms with Crippen LogP contribution >= 0.6 is 61.5 Å². The van der Waals surface area contributed by atoms with Crippen LogP contribution in [0.5, 0.6) is 5.75 Å². The molecule has 0 spiro atoms. The topological polar surface area (TPSA) is 69.9 Å². The third-order valence-corrected chi connectivity index (χ3v) is 8.82. The number of hydrogen-bond donors (Lipinski definition) is 0. The van der Waals surface area contributed by atoms with E-state index in [1.165, 1.54) is 31.2 Å². The number of alkyl halides is 3. The van der Waals surface area contributed by atoms with Gasteiger partial charge in [0.25, 0.3) is 5.56 Å². The van der Waals surface area contributed by atoms with E-state index in [-0.39, 0.29) is 28.1 Å². The van der Waals surface area contributed by atoms with Gasteiger partial charge in [0.15, 0.2) is 10.5 Å². The molecule has 0 unspecified atom stereocenters. The molecule has 13 heteroatoms. The zero-order valence-corrected chi connectivity index (χ0v) is 27.4. The van der Waals surface area contributed by atoms with Gasteiger partial charge in [-0.3, -0.25) is 9.36 Å². The van der Waals surface area contributed by atoms with Crippen molar-refractivity contribution in [3.63, 3.8) is 0 Å². The van der Waals surface area contributed by atoms with Crippen LogP contribution in [0.1, 0.15) is 29.7 Å². The fourth-order valence-corrected chi connectivity index (χ4v) is 7.34. The molecule has 0 bridgehead atoms. The van der Waals surface area contributed by atoms with Crippen LogP contribution in [0.3, 0.4) is 0 Å². The summed E-state index contributed by atoms with van der Waals surface area (Å²) in [5.74, 6) is -0.720. The van der Waals surface area contributed by atoms with Crippen molar-refractivity contribution in [2.45, 2.75) is 25.7 Å². The highest BCUT2D eigenvalue weighted by Gasteiger charge is 2.45. The van der Waals surface area contributed by atoms with E-state index in [0.29, 0.717) is 20.8 Å². The molecule has 0 aliphatic carbocycles. The van der Waals surface area contributed by atoms with Gasteiger partial charge < -0.3 is 9.47 Å². The maximum atomic E-state index is 14.4. The molecule has 5 rings (SSSR count). The quantitative estimate of drug-likeness (QED) is 0.150. The maximum Gasteiger partial charge on any atom is 0.434 e. The number of hydrogen-bond acceptors (Lipinski definition) is 6. The second-order valence-corrected chi connectivity index (χ2v) is 12.7. The van der Waals surface area contributed by atoms with Gasteiger partial charge in [-0.05, 0) is 71.0 Å². The number of thiazole rings is 1. The summed E-state index contributed by atoms with van der Waals surface area (Å²) in [6, 6.07) is 17.5. The van der Waals surface area contributed by atoms with Crippen molar-refractivity contribution in [1.29, 1.82) is 0 Å². The molecular weight excluding hydrogens is 784 g/mol. The van der Waals surface area contributed by atoms with Gasteiger partial charge in [-0.25, -0.2) is 9.79 Å². The Kier molecular flexibility index (Phi) is 9.49. The van der Waals surface area contributed by atoms with Gasteiger partial charge in [-0.2, -0.15) is 13.2 Å². The van der Waals surface area contributed by atoms with E-state index in [0.717, 1.165) is 25.0 Å². The van der Waals surface area contributed by atoms with Crippen LogP contribution in [-0.2, 0) is 16.1 Å². The minimum Gasteiger partial charge on any atom is -0.487 e. The number of nitrogens with zero attached hydrogens (tertiary/aromatic N) is 2. The molecule has 1 atom stereocenters. The molecule has 0 fully saturated rings. The first kappa shape index (κ1) is 31.5. The number of fused-ring (bicyclic) bond motifs is 1. The Labute approximate surface area is 274 Å². The summed E-state index contributed by atoms with van der Waals surface area (Å²) in [5.41, 5.74) is -1.12. The normalized spacial score (nSPS) is 15.2. The van der Waals surface area contributed by atoms with Crippen LogP contribution in [0.2, 0.25) is 5.02 Å². The summed E-state index contributed by atoms with van der Waals surface area (Å²) in [7, 11) is 0. The number of ether oxygens (including phenoxy) is 2. The minimum atomic E-state index is -5.00. The smallest absolute Gasteiger partial charge is 0.434 e. The average molecular weight is 804 g/mol. The lowest BCUT2D eigenvalue weighted by molar-refractivity contribution is -0.140. The molecule has 222 valence electrons. The Morgan fingerprint density at radius 2 is 1.86 bits per heavy atom. The second-order valence-electron chi connectivity index (χ2n) is 9.20. The molecule has 0 amide bonds. The van der Waals surface area contributed by atoms with E-state index < -0.39 is 35.0 Å². The fraction of sp³-hybridized carbons (Fsp3) is 0.167. The highest BCUT2D eigenvalue weighted by molar-refractivity contribution is 14.1. The van der Waals surface area contributed by atoms with E-state index in [9.17, 15) is 22.8 Å². The molecule has 1 aromatic heterocycles. The lowest BCUT2D eigenvalue weighted by Gasteiger charge is -2.26. The first-order chi connectivity index (χ1) is 20.5. The van der Waals surface area contributed by atoms with Gasteiger partial charge in [0.1, 0.15) is 12.4 Å². The van der Waals surface area contributed by atoms with Gasteiger partial charge in [0.2, 0.25) is 0 Å². The van der Waals surface area contributed by atoms with Gasteiger partial charge in [-0.1, -0.05) is 81.3 Å². The predicted molar refractivity (Wildman–Crippen MR) is 170 cm³/mol. The van der Waals surface area contributed by atoms with Crippen LogP contribution in [0.15, 0.2) is 92.3 Å². The number of aromatic nitrogens is 1. The Bertz CT molecular complexity index is 1910. The van der Waals surface area contributed by atoms with Crippen molar-refractivity contribution in [3.05, 3.63) is 127 Å². The SMILES string of the molecule is CCOC(=O)C1=C(C(F)(F)F)N=c2s/c(=C\c3cc(Br)cc(I)c3OCc3ccccc3)c(=O)n2[C@@H]1c1ccc(Cl)cc1. The minimum absolute atomic E-state index is 0.0998. The van der Waals surface area contributed by atoms with Crippen molar-refractivity contribution in [2.24, 2.45) is 4.99 Å². The van der Waals surface area contributed by atoms with Gasteiger partial charge in [-0.15, -0.1) is 0 Å². The van der Waals surface area contributed by atoms with Crippen molar-refractivity contribution in [3.8, 4) is 5.75 Å². The zero-order valence-electron chi connectivity index (χ0n) is 22.1. The number of benzene rings is 3. The Hall–Kier alpha value is -2.94. The lowest BCUT2D eigenvalue weighted by Crippen LogP contribution is -2.41. The molecule has 1 aliphatic heterocycles. The molecule has 0 N–H and O–H groups in total. The highest BCUT2D eigenvalue weighted by atomic mass is 127. The largest absolute Gasteiger partial charge is 0.487 e. The monoisotopic (exact) mass is 802 g/mol. The van der Waals surface area contributed by atoms with Crippen LogP contribution < -0.4 is 19.6 Å². The number of rotatable bonds is 7. The van der Waals surface area contributed by atoms with E-state index >= 15 is 0 Å². The fourth-order valence-electron chi connectivity index (χ4n) is 4.51. The standard InChI is InChI=1S/C30H20BrClF3IN2O4S/c1-2-41-28(40)23-24(17-8-10-20(32)11-9-17)38-27(39)22(43-29(38)37-26(23)30(33,34)35)13-18-12-19(31)14-21(36)25(18)42-15-16-6-4-3-5-7-16/h3-14,24H,2,15H2,1H3/b22-13-/t24-/m1/s1. The van der Waals surface area contributed by atoms with Crippen LogP contribution in [0, 0.1) is 3.57 Å². The summed E-state index contributed by atoms with van der Waals surface area (Å²) in [5, 5.41) is 0.334. The van der Waals surface area contributed by atoms with Crippen molar-refractivity contribution in [1.82, 2.24) is 4.57 Å². The summed E-state index contributed by atoms with van der Waals surface area (Å²) in [6.45, 7) is 1.57. The van der Waals surface area contributed by atoms with E-state index in [1.54, 1.807) is 12.1 Å². The predicted octanol–water partition coefficient (Wildman–Crippen LogP) is 6.94. The summed E-state index contributed by atoms with van der Waals surface area (Å²) in [4.78, 5) is 30.6. The molecule has 0 saturated heterocycles. The Morgan fingerprint density at radius 1 is 1.16 bits per heavy atom. The van der Waals surface area contributed by atoms with Crippen molar-refractivity contribution >= 4 is 73.5 Å². The third-order valence-electron chi connectivity index (χ3n) is 6.33. The number of allylic oxidation sites excluding steroid dienone is 1. The van der Waals surface area contributed by atoms with E-state index in [1.807, 2.05) is 36.4 Å². The van der Waals surface area contributed by atoms with Gasteiger partial charge in [0.05, 0.1) is 26.3 Å². The summed E-state index contributed by atoms with van der Waals surface area (Å²) >= 11 is 12.4. The van der Waals surface area contributed by atoms with Crippen LogP contribution in [0.25, 0.3) is 6.08 Å². The first-order valence-electron chi connectivity index (χ1n) is 12.7. The van der Waals surface area contributed by atoms with E-state index in [4.69, 9.17) is 21.1 Å². The zero-order chi connectivity index (χ0) is 30.9. The Morgan fingerprint density at radius 3 is 2.51 bits per heavy atom. The lowest BCUT2D eigenvalue weighted by atomic mass is 9.95. The van der Waals surface area contributed by atoms with Crippen molar-refractivity contribution in [2.75, 3.05) is 6.61 Å². The molecular formula is C30H20BrClF3IN2O4S. The molecule has 3 aromatic carbocycles. The summed E-state index contributed by atoms with van der Waals surface area (Å²) < 4.78 is 56.9.